The first-order chi connectivity index (χ1) is 13.9. The highest BCUT2D eigenvalue weighted by Crippen LogP contribution is 2.34. The highest BCUT2D eigenvalue weighted by Gasteiger charge is 2.26. The van der Waals surface area contributed by atoms with Crippen LogP contribution in [0.1, 0.15) is 36.3 Å². The molecule has 0 fully saturated rings. The fraction of sp³-hybridized carbons (Fsp3) is 0.286. The monoisotopic (exact) mass is 415 g/mol. The van der Waals surface area contributed by atoms with Gasteiger partial charge < -0.3 is 4.90 Å². The fourth-order valence-corrected chi connectivity index (χ4v) is 4.62. The molecule has 1 aromatic heterocycles. The van der Waals surface area contributed by atoms with Gasteiger partial charge in [0.05, 0.1) is 16.3 Å². The number of benzene rings is 2. The summed E-state index contributed by atoms with van der Waals surface area (Å²) in [6.07, 6.45) is 0.693. The second kappa shape index (κ2) is 7.59. The van der Waals surface area contributed by atoms with Crippen LogP contribution in [0.15, 0.2) is 47.6 Å². The zero-order chi connectivity index (χ0) is 20.7. The quantitative estimate of drug-likeness (QED) is 0.448. The Balaban J connectivity index is 1.59. The summed E-state index contributed by atoms with van der Waals surface area (Å²) in [5, 5.41) is -0.473. The van der Waals surface area contributed by atoms with E-state index in [9.17, 15) is 18.4 Å². The number of carbonyl (C=O) groups excluding carboxylic acids is 2. The lowest BCUT2D eigenvalue weighted by Gasteiger charge is -2.15. The largest absolute Gasteiger partial charge is 0.321 e. The molecule has 3 aromatic rings. The second-order valence-corrected chi connectivity index (χ2v) is 8.23. The van der Waals surface area contributed by atoms with E-state index < -0.39 is 11.8 Å². The Labute approximate surface area is 170 Å². The maximum atomic E-state index is 13.6. The van der Waals surface area contributed by atoms with Crippen LogP contribution in [-0.2, 0) is 11.2 Å². The number of anilines is 1. The standard InChI is InChI=1S/C21H19F2N3O2S/c1-12(29-21-24-16-5-3-4-6-18(16)26(21)20(22)23)19(28)15-7-8-17-14(11-15)9-10-25(17)13(2)27/h3-8,11-12,20H,9-10H2,1-2H3. The van der Waals surface area contributed by atoms with Crippen molar-refractivity contribution in [3.63, 3.8) is 0 Å². The lowest BCUT2D eigenvalue weighted by Crippen LogP contribution is -2.25. The summed E-state index contributed by atoms with van der Waals surface area (Å²) in [6, 6.07) is 12.0. The molecule has 1 unspecified atom stereocenters. The van der Waals surface area contributed by atoms with Gasteiger partial charge in [-0.2, -0.15) is 8.78 Å². The number of aromatic nitrogens is 2. The van der Waals surface area contributed by atoms with Gasteiger partial charge in [-0.3, -0.25) is 14.2 Å². The van der Waals surface area contributed by atoms with Crippen molar-refractivity contribution in [2.45, 2.75) is 37.2 Å². The van der Waals surface area contributed by atoms with Gasteiger partial charge in [-0.15, -0.1) is 0 Å². The number of carbonyl (C=O) groups is 2. The van der Waals surface area contributed by atoms with Crippen LogP contribution in [0.5, 0.6) is 0 Å². The molecule has 150 valence electrons. The summed E-state index contributed by atoms with van der Waals surface area (Å²) in [7, 11) is 0. The zero-order valence-electron chi connectivity index (χ0n) is 15.9. The fourth-order valence-electron chi connectivity index (χ4n) is 3.62. The number of alkyl halides is 2. The molecule has 0 bridgehead atoms. The van der Waals surface area contributed by atoms with E-state index in [-0.39, 0.29) is 16.8 Å². The molecule has 1 aliphatic heterocycles. The maximum absolute atomic E-state index is 13.6. The van der Waals surface area contributed by atoms with Gasteiger partial charge in [-0.05, 0) is 49.2 Å². The van der Waals surface area contributed by atoms with Gasteiger partial charge >= 0.3 is 6.55 Å². The number of amides is 1. The van der Waals surface area contributed by atoms with E-state index in [1.165, 1.54) is 6.92 Å². The molecule has 0 saturated heterocycles. The Morgan fingerprint density at radius 2 is 1.93 bits per heavy atom. The van der Waals surface area contributed by atoms with Crippen LogP contribution in [0.4, 0.5) is 14.5 Å². The first-order valence-electron chi connectivity index (χ1n) is 9.24. The molecule has 2 heterocycles. The van der Waals surface area contributed by atoms with Crippen molar-refractivity contribution in [1.29, 1.82) is 0 Å². The molecule has 0 aliphatic carbocycles. The molecule has 0 N–H and O–H groups in total. The number of Topliss-reactive ketones (excluding diaryl/α,β-unsaturated/α-hetero) is 1. The van der Waals surface area contributed by atoms with E-state index in [1.807, 2.05) is 0 Å². The van der Waals surface area contributed by atoms with Crippen LogP contribution in [0.2, 0.25) is 0 Å². The predicted octanol–water partition coefficient (Wildman–Crippen LogP) is 4.70. The van der Waals surface area contributed by atoms with Crippen molar-refractivity contribution in [3.8, 4) is 0 Å². The van der Waals surface area contributed by atoms with Crippen LogP contribution in [0, 0.1) is 0 Å². The average molecular weight is 415 g/mol. The Bertz CT molecular complexity index is 1110. The van der Waals surface area contributed by atoms with E-state index in [0.29, 0.717) is 29.6 Å². The minimum atomic E-state index is -2.75. The molecule has 4 rings (SSSR count). The second-order valence-electron chi connectivity index (χ2n) is 6.92. The summed E-state index contributed by atoms with van der Waals surface area (Å²) in [5.74, 6) is -0.190. The van der Waals surface area contributed by atoms with Crippen LogP contribution in [0.25, 0.3) is 11.0 Å². The number of nitrogens with zero attached hydrogens (tertiary/aromatic N) is 3. The Morgan fingerprint density at radius 1 is 1.17 bits per heavy atom. The number of thioether (sulfide) groups is 1. The average Bonchev–Trinajstić information content (AvgIpc) is 3.27. The van der Waals surface area contributed by atoms with Crippen molar-refractivity contribution in [1.82, 2.24) is 9.55 Å². The smallest absolute Gasteiger partial charge is 0.312 e. The number of halogens is 2. The lowest BCUT2D eigenvalue weighted by molar-refractivity contribution is -0.116. The van der Waals surface area contributed by atoms with Gasteiger partial charge in [0.25, 0.3) is 0 Å². The van der Waals surface area contributed by atoms with Crippen molar-refractivity contribution < 1.29 is 18.4 Å². The maximum Gasteiger partial charge on any atom is 0.321 e. The summed E-state index contributed by atoms with van der Waals surface area (Å²) in [6.45, 7) is 1.06. The molecule has 0 spiro atoms. The first kappa shape index (κ1) is 19.6. The van der Waals surface area contributed by atoms with Crippen LogP contribution in [0.3, 0.4) is 0 Å². The molecule has 0 saturated carbocycles. The predicted molar refractivity (Wildman–Crippen MR) is 109 cm³/mol. The van der Waals surface area contributed by atoms with Crippen molar-refractivity contribution in [3.05, 3.63) is 53.6 Å². The van der Waals surface area contributed by atoms with Gasteiger partial charge in [-0.1, -0.05) is 23.9 Å². The van der Waals surface area contributed by atoms with Crippen LogP contribution in [-0.4, -0.2) is 33.0 Å². The number of para-hydroxylation sites is 2. The topological polar surface area (TPSA) is 55.2 Å². The van der Waals surface area contributed by atoms with Crippen LogP contribution >= 0.6 is 11.8 Å². The third kappa shape index (κ3) is 3.53. The van der Waals surface area contributed by atoms with Crippen molar-refractivity contribution in [2.75, 3.05) is 11.4 Å². The number of imidazole rings is 1. The van der Waals surface area contributed by atoms with E-state index >= 15 is 0 Å². The summed E-state index contributed by atoms with van der Waals surface area (Å²) in [5.41, 5.74) is 3.09. The summed E-state index contributed by atoms with van der Waals surface area (Å²) >= 11 is 1.02. The molecule has 5 nitrogen and oxygen atoms in total. The minimum Gasteiger partial charge on any atom is -0.312 e. The molecule has 1 amide bonds. The third-order valence-electron chi connectivity index (χ3n) is 5.05. The number of fused-ring (bicyclic) bond motifs is 2. The van der Waals surface area contributed by atoms with E-state index in [4.69, 9.17) is 0 Å². The first-order valence-corrected chi connectivity index (χ1v) is 10.1. The summed E-state index contributed by atoms with van der Waals surface area (Å²) < 4.78 is 28.1. The van der Waals surface area contributed by atoms with Gasteiger partial charge in [0.1, 0.15) is 0 Å². The number of ketones is 1. The number of hydrogen-bond donors (Lipinski definition) is 0. The minimum absolute atomic E-state index is 0.0300. The summed E-state index contributed by atoms with van der Waals surface area (Å²) in [4.78, 5) is 30.6. The normalized spacial score (nSPS) is 14.4. The Morgan fingerprint density at radius 3 is 2.66 bits per heavy atom. The van der Waals surface area contributed by atoms with E-state index in [1.54, 1.807) is 54.3 Å². The molecule has 0 radical (unpaired) electrons. The van der Waals surface area contributed by atoms with Crippen LogP contribution < -0.4 is 4.90 Å². The molecule has 2 aromatic carbocycles. The highest BCUT2D eigenvalue weighted by atomic mass is 32.2. The van der Waals surface area contributed by atoms with Crippen molar-refractivity contribution in [2.24, 2.45) is 0 Å². The molecule has 29 heavy (non-hydrogen) atoms. The molecule has 8 heteroatoms. The van der Waals surface area contributed by atoms with E-state index in [0.717, 1.165) is 27.6 Å². The molecular formula is C21H19F2N3O2S. The van der Waals surface area contributed by atoms with Gasteiger partial charge in [0, 0.05) is 24.7 Å². The Kier molecular flexibility index (Phi) is 5.12. The highest BCUT2D eigenvalue weighted by molar-refractivity contribution is 8.00. The van der Waals surface area contributed by atoms with Gasteiger partial charge in [0.2, 0.25) is 5.91 Å². The zero-order valence-corrected chi connectivity index (χ0v) is 16.7. The third-order valence-corrected chi connectivity index (χ3v) is 6.12. The number of rotatable bonds is 5. The van der Waals surface area contributed by atoms with Gasteiger partial charge in [-0.25, -0.2) is 4.98 Å². The SMILES string of the molecule is CC(=O)N1CCc2cc(C(=O)C(C)Sc3nc4ccccc4n3C(F)F)ccc21. The van der Waals surface area contributed by atoms with Crippen molar-refractivity contribution >= 4 is 40.2 Å². The number of hydrogen-bond acceptors (Lipinski definition) is 4. The van der Waals surface area contributed by atoms with E-state index in [2.05, 4.69) is 4.98 Å². The molecular weight excluding hydrogens is 396 g/mol. The lowest BCUT2D eigenvalue weighted by atomic mass is 10.0. The van der Waals surface area contributed by atoms with Gasteiger partial charge in [0.15, 0.2) is 10.9 Å². The molecule has 1 atom stereocenters. The molecule has 1 aliphatic rings. The Hall–Kier alpha value is -2.74.